The largest absolute Gasteiger partial charge is 0.375 e. The van der Waals surface area contributed by atoms with Crippen molar-refractivity contribution in [3.63, 3.8) is 0 Å². The van der Waals surface area contributed by atoms with E-state index >= 15 is 0 Å². The lowest BCUT2D eigenvalue weighted by Gasteiger charge is -2.35. The molecule has 128 valence electrons. The molecule has 3 rings (SSSR count). The van der Waals surface area contributed by atoms with Crippen molar-refractivity contribution in [1.82, 2.24) is 15.1 Å². The van der Waals surface area contributed by atoms with Gasteiger partial charge in [0.05, 0.1) is 16.3 Å². The summed E-state index contributed by atoms with van der Waals surface area (Å²) in [5.41, 5.74) is 0.556. The standard InChI is InChI=1S/C17H21ClN4O2/c1-17(2)11-12(8-10-24-17)19-16(23)20-15-7-9-22(21-15)14-6-4-3-5-13(14)18/h3-7,9,12H,8,10-11H2,1-2H3,(H2,19,20,21,23). The molecule has 0 spiro atoms. The summed E-state index contributed by atoms with van der Waals surface area (Å²) in [4.78, 5) is 12.2. The van der Waals surface area contributed by atoms with Gasteiger partial charge in [0.25, 0.3) is 0 Å². The number of nitrogens with zero attached hydrogens (tertiary/aromatic N) is 2. The summed E-state index contributed by atoms with van der Waals surface area (Å²) in [5, 5.41) is 10.7. The Labute approximate surface area is 146 Å². The average molecular weight is 349 g/mol. The number of hydrogen-bond donors (Lipinski definition) is 2. The van der Waals surface area contributed by atoms with Gasteiger partial charge in [-0.3, -0.25) is 5.32 Å². The van der Waals surface area contributed by atoms with Gasteiger partial charge in [-0.2, -0.15) is 0 Å². The highest BCUT2D eigenvalue weighted by Gasteiger charge is 2.29. The van der Waals surface area contributed by atoms with Crippen LogP contribution >= 0.6 is 11.6 Å². The van der Waals surface area contributed by atoms with E-state index in [1.807, 2.05) is 32.0 Å². The van der Waals surface area contributed by atoms with Gasteiger partial charge in [-0.15, -0.1) is 5.10 Å². The second-order valence-corrected chi connectivity index (χ2v) is 6.90. The van der Waals surface area contributed by atoms with E-state index < -0.39 is 0 Å². The van der Waals surface area contributed by atoms with Crippen LogP contribution in [0.25, 0.3) is 5.69 Å². The van der Waals surface area contributed by atoms with Crippen LogP contribution in [0.15, 0.2) is 36.5 Å². The Bertz CT molecular complexity index is 729. The maximum atomic E-state index is 12.2. The fraction of sp³-hybridized carbons (Fsp3) is 0.412. The molecule has 1 aromatic heterocycles. The molecule has 7 heteroatoms. The van der Waals surface area contributed by atoms with Crippen LogP contribution < -0.4 is 10.6 Å². The van der Waals surface area contributed by atoms with Crippen LogP contribution in [0.5, 0.6) is 0 Å². The van der Waals surface area contributed by atoms with Crippen molar-refractivity contribution >= 4 is 23.4 Å². The molecule has 0 radical (unpaired) electrons. The summed E-state index contributed by atoms with van der Waals surface area (Å²) < 4.78 is 7.29. The highest BCUT2D eigenvalue weighted by atomic mass is 35.5. The van der Waals surface area contributed by atoms with Crippen molar-refractivity contribution in [2.24, 2.45) is 0 Å². The molecule has 0 saturated carbocycles. The summed E-state index contributed by atoms with van der Waals surface area (Å²) in [6.45, 7) is 4.72. The maximum Gasteiger partial charge on any atom is 0.320 e. The first-order valence-corrected chi connectivity index (χ1v) is 8.33. The van der Waals surface area contributed by atoms with Crippen LogP contribution in [-0.2, 0) is 4.74 Å². The Hall–Kier alpha value is -2.05. The third-order valence-corrected chi connectivity index (χ3v) is 4.28. The monoisotopic (exact) mass is 348 g/mol. The van der Waals surface area contributed by atoms with E-state index in [0.717, 1.165) is 18.5 Å². The topological polar surface area (TPSA) is 68.2 Å². The predicted molar refractivity (Wildman–Crippen MR) is 93.8 cm³/mol. The van der Waals surface area contributed by atoms with Gasteiger partial charge in [0.1, 0.15) is 0 Å². The molecule has 0 aliphatic carbocycles. The fourth-order valence-electron chi connectivity index (χ4n) is 2.86. The smallest absolute Gasteiger partial charge is 0.320 e. The minimum atomic E-state index is -0.262. The second kappa shape index (κ2) is 6.83. The van der Waals surface area contributed by atoms with Gasteiger partial charge < -0.3 is 10.1 Å². The van der Waals surface area contributed by atoms with Crippen molar-refractivity contribution in [2.75, 3.05) is 11.9 Å². The van der Waals surface area contributed by atoms with E-state index in [1.165, 1.54) is 0 Å². The normalized spacial score (nSPS) is 19.7. The first kappa shape index (κ1) is 16.8. The number of carbonyl (C=O) groups is 1. The Balaban J connectivity index is 1.61. The van der Waals surface area contributed by atoms with Gasteiger partial charge in [0.15, 0.2) is 5.82 Å². The first-order valence-electron chi connectivity index (χ1n) is 7.95. The Kier molecular flexibility index (Phi) is 4.78. The molecule has 24 heavy (non-hydrogen) atoms. The van der Waals surface area contributed by atoms with E-state index in [-0.39, 0.29) is 17.7 Å². The van der Waals surface area contributed by atoms with Crippen LogP contribution in [0, 0.1) is 0 Å². The summed E-state index contributed by atoms with van der Waals surface area (Å²) in [6.07, 6.45) is 3.35. The minimum absolute atomic E-state index is 0.0967. The highest BCUT2D eigenvalue weighted by molar-refractivity contribution is 6.32. The summed E-state index contributed by atoms with van der Waals surface area (Å²) >= 11 is 6.16. The number of rotatable bonds is 3. The van der Waals surface area contributed by atoms with Gasteiger partial charge in [0, 0.05) is 24.9 Å². The molecule has 1 fully saturated rings. The summed E-state index contributed by atoms with van der Waals surface area (Å²) in [6, 6.07) is 8.97. The molecular weight excluding hydrogens is 328 g/mol. The Morgan fingerprint density at radius 1 is 1.38 bits per heavy atom. The lowest BCUT2D eigenvalue weighted by molar-refractivity contribution is -0.0609. The van der Waals surface area contributed by atoms with E-state index in [1.54, 1.807) is 23.0 Å². The molecule has 6 nitrogen and oxygen atoms in total. The van der Waals surface area contributed by atoms with Gasteiger partial charge in [-0.1, -0.05) is 23.7 Å². The second-order valence-electron chi connectivity index (χ2n) is 6.49. The number of aromatic nitrogens is 2. The Morgan fingerprint density at radius 2 is 2.17 bits per heavy atom. The van der Waals surface area contributed by atoms with E-state index in [2.05, 4.69) is 15.7 Å². The van der Waals surface area contributed by atoms with Crippen molar-refractivity contribution in [3.05, 3.63) is 41.6 Å². The quantitative estimate of drug-likeness (QED) is 0.890. The van der Waals surface area contributed by atoms with Crippen LogP contribution in [0.4, 0.5) is 10.6 Å². The fourth-order valence-corrected chi connectivity index (χ4v) is 3.08. The Morgan fingerprint density at radius 3 is 2.92 bits per heavy atom. The van der Waals surface area contributed by atoms with E-state index in [0.29, 0.717) is 17.4 Å². The van der Waals surface area contributed by atoms with Crippen LogP contribution in [-0.4, -0.2) is 34.1 Å². The van der Waals surface area contributed by atoms with Gasteiger partial charge in [0.2, 0.25) is 0 Å². The zero-order valence-electron chi connectivity index (χ0n) is 13.8. The molecule has 1 unspecified atom stereocenters. The van der Waals surface area contributed by atoms with Gasteiger partial charge in [-0.25, -0.2) is 9.48 Å². The lowest BCUT2D eigenvalue weighted by atomic mass is 9.94. The molecule has 1 aliphatic heterocycles. The molecule has 1 aromatic carbocycles. The van der Waals surface area contributed by atoms with Crippen molar-refractivity contribution in [2.45, 2.75) is 38.3 Å². The third-order valence-electron chi connectivity index (χ3n) is 3.96. The zero-order valence-corrected chi connectivity index (χ0v) is 14.5. The van der Waals surface area contributed by atoms with Gasteiger partial charge in [-0.05, 0) is 38.8 Å². The van der Waals surface area contributed by atoms with Crippen LogP contribution in [0.3, 0.4) is 0 Å². The van der Waals surface area contributed by atoms with Gasteiger partial charge >= 0.3 is 6.03 Å². The molecule has 1 aliphatic rings. The number of amides is 2. The number of urea groups is 1. The number of nitrogens with one attached hydrogen (secondary N) is 2. The molecule has 1 saturated heterocycles. The predicted octanol–water partition coefficient (Wildman–Crippen LogP) is 3.60. The molecule has 2 amide bonds. The third kappa shape index (κ3) is 4.07. The molecule has 0 bridgehead atoms. The van der Waals surface area contributed by atoms with E-state index in [4.69, 9.17) is 16.3 Å². The number of anilines is 1. The molecule has 1 atom stereocenters. The van der Waals surface area contributed by atoms with Crippen molar-refractivity contribution < 1.29 is 9.53 Å². The highest BCUT2D eigenvalue weighted by Crippen LogP contribution is 2.24. The zero-order chi connectivity index (χ0) is 17.2. The number of benzene rings is 1. The molecule has 2 aromatic rings. The SMILES string of the molecule is CC1(C)CC(NC(=O)Nc2ccn(-c3ccccc3Cl)n2)CCO1. The maximum absolute atomic E-state index is 12.2. The number of para-hydroxylation sites is 1. The minimum Gasteiger partial charge on any atom is -0.375 e. The number of hydrogen-bond acceptors (Lipinski definition) is 3. The molecule has 2 N–H and O–H groups in total. The van der Waals surface area contributed by atoms with Crippen LogP contribution in [0.2, 0.25) is 5.02 Å². The number of halogens is 1. The van der Waals surface area contributed by atoms with E-state index in [9.17, 15) is 4.79 Å². The first-order chi connectivity index (χ1) is 11.4. The van der Waals surface area contributed by atoms with Crippen LogP contribution in [0.1, 0.15) is 26.7 Å². The molecule has 2 heterocycles. The average Bonchev–Trinajstić information content (AvgIpc) is 2.94. The number of ether oxygens (including phenoxy) is 1. The van der Waals surface area contributed by atoms with Crippen molar-refractivity contribution in [3.8, 4) is 5.69 Å². The number of carbonyl (C=O) groups excluding carboxylic acids is 1. The summed E-state index contributed by atoms with van der Waals surface area (Å²) in [7, 11) is 0. The van der Waals surface area contributed by atoms with Crippen molar-refractivity contribution in [1.29, 1.82) is 0 Å². The lowest BCUT2D eigenvalue weighted by Crippen LogP contribution is -2.47. The molecular formula is C17H21ClN4O2. The summed E-state index contributed by atoms with van der Waals surface area (Å²) in [5.74, 6) is 0.471.